The Kier molecular flexibility index (Phi) is 6.78. The molecule has 0 aliphatic rings. The number of anilines is 1. The fourth-order valence-corrected chi connectivity index (χ4v) is 2.66. The summed E-state index contributed by atoms with van der Waals surface area (Å²) in [5.74, 6) is 0.623. The minimum atomic E-state index is -0.258. The van der Waals surface area contributed by atoms with Crippen molar-refractivity contribution in [3.8, 4) is 5.75 Å². The van der Waals surface area contributed by atoms with Crippen molar-refractivity contribution >= 4 is 27.5 Å². The van der Waals surface area contributed by atoms with Crippen molar-refractivity contribution in [1.82, 2.24) is 4.90 Å². The van der Waals surface area contributed by atoms with E-state index in [0.717, 1.165) is 21.5 Å². The molecule has 1 unspecified atom stereocenters. The number of benzene rings is 2. The first-order valence-corrected chi connectivity index (χ1v) is 8.33. The molecule has 0 aliphatic carbocycles. The Morgan fingerprint density at radius 3 is 2.38 bits per heavy atom. The van der Waals surface area contributed by atoms with Crippen LogP contribution in [-0.2, 0) is 4.79 Å². The number of nitrogens with one attached hydrogen (secondary N) is 1. The van der Waals surface area contributed by atoms with E-state index in [2.05, 4.69) is 21.2 Å². The molecule has 0 saturated heterocycles. The molecule has 0 spiro atoms. The number of carbonyl (C=O) groups is 1. The molecule has 0 bridgehead atoms. The fraction of sp³-hybridized carbons (Fsp3) is 0.278. The highest BCUT2D eigenvalue weighted by Crippen LogP contribution is 2.22. The number of rotatable bonds is 7. The van der Waals surface area contributed by atoms with E-state index in [0.29, 0.717) is 0 Å². The predicted octanol–water partition coefficient (Wildman–Crippen LogP) is 3.06. The molecule has 2 aromatic rings. The highest BCUT2D eigenvalue weighted by molar-refractivity contribution is 9.10. The van der Waals surface area contributed by atoms with Crippen LogP contribution in [0.2, 0.25) is 0 Å². The van der Waals surface area contributed by atoms with Gasteiger partial charge in [-0.05, 0) is 49.0 Å². The summed E-state index contributed by atoms with van der Waals surface area (Å²) in [5, 5.41) is 12.5. The van der Waals surface area contributed by atoms with Gasteiger partial charge in [0.2, 0.25) is 5.91 Å². The molecule has 2 N–H and O–H groups in total. The lowest BCUT2D eigenvalue weighted by atomic mass is 10.1. The molecule has 6 heteroatoms. The predicted molar refractivity (Wildman–Crippen MR) is 98.2 cm³/mol. The van der Waals surface area contributed by atoms with E-state index in [4.69, 9.17) is 4.74 Å². The summed E-state index contributed by atoms with van der Waals surface area (Å²) in [6.07, 6.45) is 0. The first kappa shape index (κ1) is 18.4. The highest BCUT2D eigenvalue weighted by atomic mass is 79.9. The van der Waals surface area contributed by atoms with Crippen molar-refractivity contribution in [3.63, 3.8) is 0 Å². The zero-order valence-corrected chi connectivity index (χ0v) is 15.3. The molecule has 0 fully saturated rings. The lowest BCUT2D eigenvalue weighted by Crippen LogP contribution is -2.34. The van der Waals surface area contributed by atoms with Gasteiger partial charge in [-0.15, -0.1) is 0 Å². The molecule has 2 aromatic carbocycles. The number of hydrogen-bond donors (Lipinski definition) is 2. The third-order valence-electron chi connectivity index (χ3n) is 3.73. The van der Waals surface area contributed by atoms with Crippen molar-refractivity contribution in [2.45, 2.75) is 6.04 Å². The van der Waals surface area contributed by atoms with Gasteiger partial charge in [-0.25, -0.2) is 0 Å². The van der Waals surface area contributed by atoms with Gasteiger partial charge < -0.3 is 15.2 Å². The summed E-state index contributed by atoms with van der Waals surface area (Å²) in [6, 6.07) is 14.6. The highest BCUT2D eigenvalue weighted by Gasteiger charge is 2.18. The number of methoxy groups -OCH3 is 1. The molecule has 0 aromatic heterocycles. The number of aliphatic hydroxyl groups is 1. The lowest BCUT2D eigenvalue weighted by Gasteiger charge is -2.26. The van der Waals surface area contributed by atoms with Crippen LogP contribution in [0.15, 0.2) is 53.0 Å². The minimum Gasteiger partial charge on any atom is -0.497 e. The summed E-state index contributed by atoms with van der Waals surface area (Å²) in [5.41, 5.74) is 1.67. The molecule has 0 radical (unpaired) electrons. The van der Waals surface area contributed by atoms with Crippen molar-refractivity contribution in [2.75, 3.05) is 32.6 Å². The molecular formula is C18H21BrN2O3. The van der Waals surface area contributed by atoms with E-state index in [1.54, 1.807) is 7.11 Å². The normalized spacial score (nSPS) is 12.0. The number of ether oxygens (including phenoxy) is 1. The monoisotopic (exact) mass is 392 g/mol. The first-order valence-electron chi connectivity index (χ1n) is 7.54. The molecule has 5 nitrogen and oxygen atoms in total. The number of likely N-dealkylation sites (N-methyl/N-ethyl adjacent to an activating group) is 1. The zero-order valence-electron chi connectivity index (χ0n) is 13.7. The first-order chi connectivity index (χ1) is 11.5. The van der Waals surface area contributed by atoms with Gasteiger partial charge in [0.15, 0.2) is 0 Å². The number of halogens is 1. The SMILES string of the molecule is COc1ccc(C(CO)N(C)CC(=O)Nc2ccc(Br)cc2)cc1. The van der Waals surface area contributed by atoms with Crippen LogP contribution in [0.5, 0.6) is 5.75 Å². The van der Waals surface area contributed by atoms with Crippen LogP contribution in [-0.4, -0.2) is 43.2 Å². The maximum Gasteiger partial charge on any atom is 0.238 e. The molecule has 128 valence electrons. The quantitative estimate of drug-likeness (QED) is 0.759. The second-order valence-corrected chi connectivity index (χ2v) is 6.36. The Morgan fingerprint density at radius 2 is 1.83 bits per heavy atom. The Morgan fingerprint density at radius 1 is 1.21 bits per heavy atom. The standard InChI is InChI=1S/C18H21BrN2O3/c1-21(11-18(23)20-15-7-5-14(19)6-8-15)17(12-22)13-3-9-16(24-2)10-4-13/h3-10,17,22H,11-12H2,1-2H3,(H,20,23). The molecule has 0 saturated carbocycles. The third kappa shape index (κ3) is 5.06. The van der Waals surface area contributed by atoms with Crippen LogP contribution in [0.4, 0.5) is 5.69 Å². The number of aliphatic hydroxyl groups excluding tert-OH is 1. The topological polar surface area (TPSA) is 61.8 Å². The van der Waals surface area contributed by atoms with Gasteiger partial charge in [0.25, 0.3) is 0 Å². The molecule has 2 rings (SSSR count). The smallest absolute Gasteiger partial charge is 0.238 e. The zero-order chi connectivity index (χ0) is 17.5. The van der Waals surface area contributed by atoms with E-state index in [1.165, 1.54) is 0 Å². The van der Waals surface area contributed by atoms with Crippen LogP contribution >= 0.6 is 15.9 Å². The van der Waals surface area contributed by atoms with Crippen LogP contribution in [0.3, 0.4) is 0 Å². The van der Waals surface area contributed by atoms with Gasteiger partial charge in [0.1, 0.15) is 5.75 Å². The molecule has 0 aliphatic heterocycles. The van der Waals surface area contributed by atoms with Gasteiger partial charge in [-0.2, -0.15) is 0 Å². The average molecular weight is 393 g/mol. The van der Waals surface area contributed by atoms with E-state index in [1.807, 2.05) is 60.5 Å². The summed E-state index contributed by atoms with van der Waals surface area (Å²) in [4.78, 5) is 14.0. The maximum absolute atomic E-state index is 12.2. The Balaban J connectivity index is 1.98. The maximum atomic E-state index is 12.2. The van der Waals surface area contributed by atoms with Gasteiger partial charge >= 0.3 is 0 Å². The van der Waals surface area contributed by atoms with E-state index in [9.17, 15) is 9.90 Å². The van der Waals surface area contributed by atoms with Crippen molar-refractivity contribution in [3.05, 3.63) is 58.6 Å². The number of nitrogens with zero attached hydrogens (tertiary/aromatic N) is 1. The summed E-state index contributed by atoms with van der Waals surface area (Å²) in [6.45, 7) is 0.0989. The van der Waals surface area contributed by atoms with Crippen molar-refractivity contribution in [1.29, 1.82) is 0 Å². The summed E-state index contributed by atoms with van der Waals surface area (Å²) < 4.78 is 6.09. The van der Waals surface area contributed by atoms with Crippen molar-refractivity contribution in [2.24, 2.45) is 0 Å². The van der Waals surface area contributed by atoms with Crippen molar-refractivity contribution < 1.29 is 14.6 Å². The average Bonchev–Trinajstić information content (AvgIpc) is 2.58. The molecule has 1 atom stereocenters. The number of hydrogen-bond acceptors (Lipinski definition) is 4. The number of amides is 1. The molecule has 1 amide bonds. The van der Waals surface area contributed by atoms with E-state index in [-0.39, 0.29) is 25.1 Å². The third-order valence-corrected chi connectivity index (χ3v) is 4.26. The second kappa shape index (κ2) is 8.82. The molecular weight excluding hydrogens is 372 g/mol. The van der Waals surface area contributed by atoms with Gasteiger partial charge in [0, 0.05) is 10.2 Å². The second-order valence-electron chi connectivity index (χ2n) is 5.44. The van der Waals surface area contributed by atoms with E-state index < -0.39 is 0 Å². The summed E-state index contributed by atoms with van der Waals surface area (Å²) >= 11 is 3.36. The Bertz CT molecular complexity index is 659. The van der Waals surface area contributed by atoms with Crippen LogP contribution in [0.1, 0.15) is 11.6 Å². The minimum absolute atomic E-state index is 0.0750. The number of carbonyl (C=O) groups excluding carboxylic acids is 1. The Labute approximate surface area is 150 Å². The van der Waals surface area contributed by atoms with Crippen LogP contribution in [0.25, 0.3) is 0 Å². The summed E-state index contributed by atoms with van der Waals surface area (Å²) in [7, 11) is 3.42. The largest absolute Gasteiger partial charge is 0.497 e. The lowest BCUT2D eigenvalue weighted by molar-refractivity contribution is -0.117. The van der Waals surface area contributed by atoms with Crippen LogP contribution < -0.4 is 10.1 Å². The Hall–Kier alpha value is -1.89. The van der Waals surface area contributed by atoms with E-state index >= 15 is 0 Å². The van der Waals surface area contributed by atoms with Gasteiger partial charge in [-0.1, -0.05) is 28.1 Å². The molecule has 0 heterocycles. The van der Waals surface area contributed by atoms with Gasteiger partial charge in [0.05, 0.1) is 26.3 Å². The van der Waals surface area contributed by atoms with Gasteiger partial charge in [-0.3, -0.25) is 9.69 Å². The fourth-order valence-electron chi connectivity index (χ4n) is 2.40. The van der Waals surface area contributed by atoms with Crippen LogP contribution in [0, 0.1) is 0 Å². The molecule has 24 heavy (non-hydrogen) atoms.